The Morgan fingerprint density at radius 1 is 0.765 bits per heavy atom. The summed E-state index contributed by atoms with van der Waals surface area (Å²) in [5.41, 5.74) is 2.46. The van der Waals surface area contributed by atoms with E-state index in [2.05, 4.69) is 21.4 Å². The molecule has 2 unspecified atom stereocenters. The van der Waals surface area contributed by atoms with E-state index in [1.807, 2.05) is 45.0 Å². The molecule has 2 aliphatic heterocycles. The Kier molecular flexibility index (Phi) is 10.1. The van der Waals surface area contributed by atoms with Crippen molar-refractivity contribution in [2.24, 2.45) is 23.7 Å². The molecule has 2 aromatic carbocycles. The number of aromatic nitrogens is 2. The first-order chi connectivity index (χ1) is 24.4. The number of pyridine rings is 2. The molecule has 2 saturated heterocycles. The van der Waals surface area contributed by atoms with Gasteiger partial charge >= 0.3 is 6.09 Å². The van der Waals surface area contributed by atoms with E-state index in [1.165, 1.54) is 12.1 Å². The summed E-state index contributed by atoms with van der Waals surface area (Å²) in [5.74, 6) is 3.38. The van der Waals surface area contributed by atoms with Crippen LogP contribution in [0.4, 0.5) is 13.6 Å². The number of hydrogen-bond donors (Lipinski definition) is 1. The smallest absolute Gasteiger partial charge is 0.410 e. The van der Waals surface area contributed by atoms with E-state index in [-0.39, 0.29) is 25.1 Å². The lowest BCUT2D eigenvalue weighted by Crippen LogP contribution is -2.36. The van der Waals surface area contributed by atoms with Gasteiger partial charge in [0.15, 0.2) is 0 Å². The summed E-state index contributed by atoms with van der Waals surface area (Å²) in [6.07, 6.45) is -0.251. The molecule has 4 heterocycles. The fourth-order valence-electron chi connectivity index (χ4n) is 7.27. The van der Waals surface area contributed by atoms with Crippen molar-refractivity contribution in [1.29, 1.82) is 0 Å². The Balaban J connectivity index is 0.000000165. The molecule has 4 fully saturated rings. The summed E-state index contributed by atoms with van der Waals surface area (Å²) in [4.78, 5) is 23.2. The van der Waals surface area contributed by atoms with Crippen LogP contribution in [0, 0.1) is 35.3 Å². The first kappa shape index (κ1) is 35.4. The van der Waals surface area contributed by atoms with Crippen molar-refractivity contribution in [3.8, 4) is 11.8 Å². The SMILES string of the molecule is CC(C)(C)OC(=O)N1C[C@@H]2C(c3cccc(OCc4ccc(Cl)cc4F)n3)[C@@H]2C1.Fc1cc(Cl)ccc1COc1cccc(C2[C@H]3CNC[C@@H]23)n1. The highest BCUT2D eigenvalue weighted by Crippen LogP contribution is 2.58. The molecular weight excluding hydrogens is 697 g/mol. The quantitative estimate of drug-likeness (QED) is 0.194. The highest BCUT2D eigenvalue weighted by molar-refractivity contribution is 6.30. The number of fused-ring (bicyclic) bond motifs is 2. The van der Waals surface area contributed by atoms with E-state index in [1.54, 1.807) is 35.2 Å². The molecule has 8 nitrogen and oxygen atoms in total. The maximum atomic E-state index is 13.9. The van der Waals surface area contributed by atoms with Crippen molar-refractivity contribution in [3.63, 3.8) is 0 Å². The molecule has 2 aliphatic carbocycles. The fraction of sp³-hybridized carbons (Fsp3) is 0.410. The van der Waals surface area contributed by atoms with Crippen LogP contribution in [0.2, 0.25) is 10.0 Å². The maximum absolute atomic E-state index is 13.9. The molecule has 51 heavy (non-hydrogen) atoms. The van der Waals surface area contributed by atoms with Gasteiger partial charge in [-0.25, -0.2) is 23.5 Å². The standard InChI is InChI=1S/C22H24ClFN2O3.C17H16ClFN2O/c1-22(2,3)29-21(27)26-10-15-16(11-26)20(15)18-5-4-6-19(25-18)28-12-13-7-8-14(23)9-17(13)24;18-11-5-4-10(14(19)6-11)9-22-16-3-1-2-15(21-16)17-12-7-20-8-13(12)17/h4-9,15-16,20H,10-12H2,1-3H3;1-6,12-13,17,20H,7-9H2/t15-,16+,20?;12-,13+,17?. The molecule has 268 valence electrons. The zero-order valence-electron chi connectivity index (χ0n) is 28.6. The van der Waals surface area contributed by atoms with Gasteiger partial charge in [0.05, 0.1) is 0 Å². The summed E-state index contributed by atoms with van der Waals surface area (Å²) in [5, 5.41) is 4.12. The molecule has 1 N–H and O–H groups in total. The number of piperidine rings is 2. The van der Waals surface area contributed by atoms with Crippen LogP contribution in [0.3, 0.4) is 0 Å². The largest absolute Gasteiger partial charge is 0.473 e. The first-order valence-electron chi connectivity index (χ1n) is 17.2. The molecule has 0 radical (unpaired) electrons. The van der Waals surface area contributed by atoms with Crippen molar-refractivity contribution < 1.29 is 27.8 Å². The van der Waals surface area contributed by atoms with Crippen molar-refractivity contribution in [2.75, 3.05) is 26.2 Å². The van der Waals surface area contributed by atoms with Crippen molar-refractivity contribution in [1.82, 2.24) is 20.2 Å². The van der Waals surface area contributed by atoms with Crippen molar-refractivity contribution in [2.45, 2.75) is 51.4 Å². The molecule has 4 aliphatic rings. The number of ether oxygens (including phenoxy) is 3. The third-order valence-electron chi connectivity index (χ3n) is 9.89. The number of carbonyl (C=O) groups excluding carboxylic acids is 1. The van der Waals surface area contributed by atoms with Gasteiger partial charge in [-0.2, -0.15) is 0 Å². The van der Waals surface area contributed by atoms with Gasteiger partial charge in [0.25, 0.3) is 0 Å². The van der Waals surface area contributed by atoms with Gasteiger partial charge in [0.2, 0.25) is 11.8 Å². The van der Waals surface area contributed by atoms with Crippen LogP contribution in [0.15, 0.2) is 72.8 Å². The summed E-state index contributed by atoms with van der Waals surface area (Å²) in [6, 6.07) is 20.6. The number of amides is 1. The zero-order valence-corrected chi connectivity index (χ0v) is 30.1. The van der Waals surface area contributed by atoms with Gasteiger partial charge < -0.3 is 24.4 Å². The number of rotatable bonds is 8. The van der Waals surface area contributed by atoms with Crippen LogP contribution in [0.25, 0.3) is 0 Å². The molecule has 2 saturated carbocycles. The zero-order chi connectivity index (χ0) is 35.9. The van der Waals surface area contributed by atoms with Crippen LogP contribution in [0.5, 0.6) is 11.8 Å². The Hall–Kier alpha value is -3.99. The molecule has 4 aromatic rings. The number of nitrogens with zero attached hydrogens (tertiary/aromatic N) is 3. The average Bonchev–Trinajstić information content (AvgIpc) is 3.79. The Labute approximate surface area is 306 Å². The second kappa shape index (κ2) is 14.6. The van der Waals surface area contributed by atoms with Gasteiger partial charge in [-0.15, -0.1) is 0 Å². The Morgan fingerprint density at radius 2 is 1.24 bits per heavy atom. The van der Waals surface area contributed by atoms with Gasteiger partial charge in [-0.3, -0.25) is 0 Å². The van der Waals surface area contributed by atoms with E-state index in [4.69, 9.17) is 37.4 Å². The Morgan fingerprint density at radius 3 is 1.69 bits per heavy atom. The summed E-state index contributed by atoms with van der Waals surface area (Å²) in [7, 11) is 0. The highest BCUT2D eigenvalue weighted by Gasteiger charge is 2.58. The fourth-order valence-corrected chi connectivity index (χ4v) is 7.59. The first-order valence-corrected chi connectivity index (χ1v) is 17.9. The summed E-state index contributed by atoms with van der Waals surface area (Å²) in [6.45, 7) is 9.39. The predicted octanol–water partition coefficient (Wildman–Crippen LogP) is 8.42. The van der Waals surface area contributed by atoms with E-state index < -0.39 is 11.4 Å². The van der Waals surface area contributed by atoms with E-state index in [0.717, 1.165) is 36.3 Å². The van der Waals surface area contributed by atoms with Gasteiger partial charge in [0, 0.05) is 69.6 Å². The van der Waals surface area contributed by atoms with E-state index >= 15 is 0 Å². The number of nitrogens with one attached hydrogen (secondary N) is 1. The maximum Gasteiger partial charge on any atom is 0.410 e. The molecule has 12 heteroatoms. The third-order valence-corrected chi connectivity index (χ3v) is 10.4. The van der Waals surface area contributed by atoms with Crippen LogP contribution in [-0.2, 0) is 18.0 Å². The minimum atomic E-state index is -0.486. The molecule has 8 rings (SSSR count). The van der Waals surface area contributed by atoms with Crippen molar-refractivity contribution >= 4 is 29.3 Å². The van der Waals surface area contributed by atoms with Gasteiger partial charge in [0.1, 0.15) is 30.4 Å². The van der Waals surface area contributed by atoms with E-state index in [0.29, 0.717) is 69.7 Å². The van der Waals surface area contributed by atoms with Gasteiger partial charge in [-0.05, 0) is 93.9 Å². The Bertz CT molecular complexity index is 1890. The minimum absolute atomic E-state index is 0.0867. The lowest BCUT2D eigenvalue weighted by Gasteiger charge is -2.25. The number of carbonyl (C=O) groups is 1. The van der Waals surface area contributed by atoms with Crippen LogP contribution < -0.4 is 14.8 Å². The third kappa shape index (κ3) is 8.40. The highest BCUT2D eigenvalue weighted by atomic mass is 35.5. The molecule has 0 bridgehead atoms. The number of benzene rings is 2. The summed E-state index contributed by atoms with van der Waals surface area (Å²) < 4.78 is 44.4. The number of halogens is 4. The molecule has 0 spiro atoms. The second-order valence-corrected chi connectivity index (χ2v) is 15.5. The monoisotopic (exact) mass is 736 g/mol. The molecule has 2 aromatic heterocycles. The predicted molar refractivity (Wildman–Crippen MR) is 190 cm³/mol. The normalized spacial score (nSPS) is 24.2. The average molecular weight is 738 g/mol. The topological polar surface area (TPSA) is 85.8 Å². The van der Waals surface area contributed by atoms with Crippen molar-refractivity contribution in [3.05, 3.63) is 117 Å². The van der Waals surface area contributed by atoms with Crippen LogP contribution in [0.1, 0.15) is 55.1 Å². The van der Waals surface area contributed by atoms with Crippen LogP contribution >= 0.6 is 23.2 Å². The minimum Gasteiger partial charge on any atom is -0.473 e. The number of likely N-dealkylation sites (tertiary alicyclic amines) is 1. The second-order valence-electron chi connectivity index (χ2n) is 14.6. The van der Waals surface area contributed by atoms with Crippen LogP contribution in [-0.4, -0.2) is 52.7 Å². The lowest BCUT2D eigenvalue weighted by atomic mass is 10.1. The van der Waals surface area contributed by atoms with E-state index in [9.17, 15) is 13.6 Å². The summed E-state index contributed by atoms with van der Waals surface area (Å²) >= 11 is 11.5. The number of hydrogen-bond acceptors (Lipinski definition) is 7. The lowest BCUT2D eigenvalue weighted by molar-refractivity contribution is 0.0270. The molecule has 1 amide bonds. The molecule has 6 atom stereocenters. The molecular formula is C39H40Cl2F2N4O4. The van der Waals surface area contributed by atoms with Gasteiger partial charge in [-0.1, -0.05) is 47.5 Å².